The fraction of sp³-hybridized carbons (Fsp3) is 0.143. The predicted molar refractivity (Wildman–Crippen MR) is 82.5 cm³/mol. The van der Waals surface area contributed by atoms with E-state index in [9.17, 15) is 4.79 Å². The van der Waals surface area contributed by atoms with E-state index in [1.807, 2.05) is 6.92 Å². The molecule has 104 valence electrons. The van der Waals surface area contributed by atoms with Crippen molar-refractivity contribution in [1.82, 2.24) is 4.98 Å². The molecule has 1 aromatic carbocycles. The zero-order valence-electron chi connectivity index (χ0n) is 10.7. The molecule has 0 saturated carbocycles. The van der Waals surface area contributed by atoms with Crippen molar-refractivity contribution in [3.8, 4) is 5.75 Å². The van der Waals surface area contributed by atoms with Gasteiger partial charge in [-0.25, -0.2) is 4.98 Å². The monoisotopic (exact) mass is 354 g/mol. The van der Waals surface area contributed by atoms with Gasteiger partial charge in [0.2, 0.25) is 0 Å². The molecule has 0 spiro atoms. The SMILES string of the molecule is CCOc1ccc(C(=O)Nc2cccnc2Cl)cc1Br. The predicted octanol–water partition coefficient (Wildman–Crippen LogP) is 4.15. The van der Waals surface area contributed by atoms with Crippen molar-refractivity contribution in [1.29, 1.82) is 0 Å². The normalized spacial score (nSPS) is 10.2. The van der Waals surface area contributed by atoms with Crippen molar-refractivity contribution < 1.29 is 9.53 Å². The van der Waals surface area contributed by atoms with E-state index < -0.39 is 0 Å². The first-order valence-corrected chi connectivity index (χ1v) is 7.13. The second kappa shape index (κ2) is 6.72. The number of amides is 1. The van der Waals surface area contributed by atoms with Gasteiger partial charge in [0.15, 0.2) is 5.15 Å². The minimum absolute atomic E-state index is 0.255. The lowest BCUT2D eigenvalue weighted by Crippen LogP contribution is -2.12. The molecule has 0 atom stereocenters. The molecule has 4 nitrogen and oxygen atoms in total. The van der Waals surface area contributed by atoms with Gasteiger partial charge in [0.05, 0.1) is 16.8 Å². The fourth-order valence-electron chi connectivity index (χ4n) is 1.59. The van der Waals surface area contributed by atoms with E-state index in [1.165, 1.54) is 0 Å². The molecule has 0 aliphatic carbocycles. The Kier molecular flexibility index (Phi) is 4.98. The molecule has 0 aliphatic rings. The van der Waals surface area contributed by atoms with Gasteiger partial charge in [0.1, 0.15) is 5.75 Å². The van der Waals surface area contributed by atoms with Crippen LogP contribution in [0, 0.1) is 0 Å². The number of hydrogen-bond donors (Lipinski definition) is 1. The van der Waals surface area contributed by atoms with Crippen LogP contribution in [0.3, 0.4) is 0 Å². The van der Waals surface area contributed by atoms with Gasteiger partial charge in [0, 0.05) is 11.8 Å². The standard InChI is InChI=1S/C14H12BrClN2O2/c1-2-20-12-6-5-9(8-10(12)15)14(19)18-11-4-3-7-17-13(11)16/h3-8H,2H2,1H3,(H,18,19). The molecule has 0 radical (unpaired) electrons. The van der Waals surface area contributed by atoms with Crippen LogP contribution in [0.1, 0.15) is 17.3 Å². The number of carbonyl (C=O) groups is 1. The maximum absolute atomic E-state index is 12.1. The molecular weight excluding hydrogens is 344 g/mol. The lowest BCUT2D eigenvalue weighted by molar-refractivity contribution is 0.102. The highest BCUT2D eigenvalue weighted by Crippen LogP contribution is 2.26. The number of ether oxygens (including phenoxy) is 1. The smallest absolute Gasteiger partial charge is 0.255 e. The van der Waals surface area contributed by atoms with Crippen molar-refractivity contribution in [2.45, 2.75) is 6.92 Å². The molecule has 1 amide bonds. The molecule has 0 fully saturated rings. The number of anilines is 1. The summed E-state index contributed by atoms with van der Waals surface area (Å²) < 4.78 is 6.13. The van der Waals surface area contributed by atoms with Gasteiger partial charge < -0.3 is 10.1 Å². The van der Waals surface area contributed by atoms with Gasteiger partial charge in [-0.15, -0.1) is 0 Å². The summed E-state index contributed by atoms with van der Waals surface area (Å²) in [4.78, 5) is 16.0. The van der Waals surface area contributed by atoms with Gasteiger partial charge in [-0.2, -0.15) is 0 Å². The molecule has 2 aromatic rings. The molecule has 2 rings (SSSR count). The van der Waals surface area contributed by atoms with Gasteiger partial charge >= 0.3 is 0 Å². The first kappa shape index (κ1) is 14.8. The molecule has 1 aromatic heterocycles. The number of pyridine rings is 1. The van der Waals surface area contributed by atoms with Crippen molar-refractivity contribution in [3.05, 3.63) is 51.7 Å². The van der Waals surface area contributed by atoms with Crippen LogP contribution in [0.5, 0.6) is 5.75 Å². The summed E-state index contributed by atoms with van der Waals surface area (Å²) in [5.41, 5.74) is 0.976. The average molecular weight is 356 g/mol. The lowest BCUT2D eigenvalue weighted by atomic mass is 10.2. The number of benzene rings is 1. The number of rotatable bonds is 4. The highest BCUT2D eigenvalue weighted by molar-refractivity contribution is 9.10. The van der Waals surface area contributed by atoms with Gasteiger partial charge in [0.25, 0.3) is 5.91 Å². The Morgan fingerprint density at radius 1 is 1.45 bits per heavy atom. The zero-order valence-corrected chi connectivity index (χ0v) is 13.0. The third-order valence-corrected chi connectivity index (χ3v) is 3.42. The summed E-state index contributed by atoms with van der Waals surface area (Å²) in [7, 11) is 0. The Bertz CT molecular complexity index is 634. The Hall–Kier alpha value is -1.59. The minimum atomic E-state index is -0.261. The number of nitrogens with one attached hydrogen (secondary N) is 1. The summed E-state index contributed by atoms with van der Waals surface area (Å²) in [6.45, 7) is 2.47. The molecule has 6 heteroatoms. The van der Waals surface area contributed by atoms with E-state index in [-0.39, 0.29) is 11.1 Å². The quantitative estimate of drug-likeness (QED) is 0.838. The molecule has 0 aliphatic heterocycles. The summed E-state index contributed by atoms with van der Waals surface area (Å²) in [6, 6.07) is 8.53. The van der Waals surface area contributed by atoms with Crippen LogP contribution >= 0.6 is 27.5 Å². The number of hydrogen-bond acceptors (Lipinski definition) is 3. The highest BCUT2D eigenvalue weighted by atomic mass is 79.9. The largest absolute Gasteiger partial charge is 0.493 e. The number of nitrogens with zero attached hydrogens (tertiary/aromatic N) is 1. The van der Waals surface area contributed by atoms with E-state index in [2.05, 4.69) is 26.2 Å². The molecule has 20 heavy (non-hydrogen) atoms. The third kappa shape index (κ3) is 3.49. The minimum Gasteiger partial charge on any atom is -0.493 e. The fourth-order valence-corrected chi connectivity index (χ4v) is 2.25. The van der Waals surface area contributed by atoms with Crippen molar-refractivity contribution in [3.63, 3.8) is 0 Å². The molecule has 0 unspecified atom stereocenters. The Morgan fingerprint density at radius 2 is 2.25 bits per heavy atom. The van der Waals surface area contributed by atoms with Crippen molar-refractivity contribution >= 4 is 39.1 Å². The average Bonchev–Trinajstić information content (AvgIpc) is 2.43. The second-order valence-electron chi connectivity index (χ2n) is 3.87. The Labute approximate surface area is 130 Å². The topological polar surface area (TPSA) is 51.2 Å². The van der Waals surface area contributed by atoms with E-state index in [4.69, 9.17) is 16.3 Å². The summed E-state index contributed by atoms with van der Waals surface area (Å²) in [5, 5.41) is 2.97. The molecule has 1 N–H and O–H groups in total. The first-order chi connectivity index (χ1) is 9.61. The molecule has 1 heterocycles. The van der Waals surface area contributed by atoms with E-state index in [0.717, 1.165) is 4.47 Å². The van der Waals surface area contributed by atoms with Crippen LogP contribution < -0.4 is 10.1 Å². The second-order valence-corrected chi connectivity index (χ2v) is 5.09. The maximum atomic E-state index is 12.1. The molecule has 0 bridgehead atoms. The van der Waals surface area contributed by atoms with Crippen molar-refractivity contribution in [2.24, 2.45) is 0 Å². The third-order valence-electron chi connectivity index (χ3n) is 2.50. The number of aromatic nitrogens is 1. The van der Waals surface area contributed by atoms with E-state index in [1.54, 1.807) is 36.5 Å². The highest BCUT2D eigenvalue weighted by Gasteiger charge is 2.11. The van der Waals surface area contributed by atoms with Crippen molar-refractivity contribution in [2.75, 3.05) is 11.9 Å². The van der Waals surface area contributed by atoms with Crippen LogP contribution in [0.4, 0.5) is 5.69 Å². The van der Waals surface area contributed by atoms with Gasteiger partial charge in [-0.1, -0.05) is 11.6 Å². The lowest BCUT2D eigenvalue weighted by Gasteiger charge is -2.09. The van der Waals surface area contributed by atoms with Crippen LogP contribution in [-0.2, 0) is 0 Å². The van der Waals surface area contributed by atoms with Crippen LogP contribution in [-0.4, -0.2) is 17.5 Å². The van der Waals surface area contributed by atoms with Crippen LogP contribution in [0.2, 0.25) is 5.15 Å². The number of carbonyl (C=O) groups excluding carboxylic acids is 1. The van der Waals surface area contributed by atoms with Gasteiger partial charge in [-0.05, 0) is 53.2 Å². The Balaban J connectivity index is 2.18. The van der Waals surface area contributed by atoms with Crippen LogP contribution in [0.25, 0.3) is 0 Å². The maximum Gasteiger partial charge on any atom is 0.255 e. The summed E-state index contributed by atoms with van der Waals surface area (Å²) in [5.74, 6) is 0.437. The van der Waals surface area contributed by atoms with E-state index >= 15 is 0 Å². The molecule has 0 saturated heterocycles. The van der Waals surface area contributed by atoms with Gasteiger partial charge in [-0.3, -0.25) is 4.79 Å². The summed E-state index contributed by atoms with van der Waals surface area (Å²) >= 11 is 9.27. The zero-order chi connectivity index (χ0) is 14.5. The van der Waals surface area contributed by atoms with E-state index in [0.29, 0.717) is 23.6 Å². The first-order valence-electron chi connectivity index (χ1n) is 5.96. The molecular formula is C14H12BrClN2O2. The number of halogens is 2. The summed E-state index contributed by atoms with van der Waals surface area (Å²) in [6.07, 6.45) is 1.56. The Morgan fingerprint density at radius 3 is 2.90 bits per heavy atom. The van der Waals surface area contributed by atoms with Crippen LogP contribution in [0.15, 0.2) is 41.0 Å².